The molecule has 0 bridgehead atoms. The maximum Gasteiger partial charge on any atom is 0.305 e. The number of aromatic nitrogens is 3. The van der Waals surface area contributed by atoms with Gasteiger partial charge in [0.15, 0.2) is 5.52 Å². The minimum atomic E-state index is -0.228. The van der Waals surface area contributed by atoms with Crippen molar-refractivity contribution in [1.29, 1.82) is 0 Å². The number of methoxy groups -OCH3 is 1. The first kappa shape index (κ1) is 17.2. The molecular formula is C18H22N3O4+. The smallest absolute Gasteiger partial charge is 0.305 e. The number of carbonyl (C=O) groups excluding carboxylic acids is 1. The van der Waals surface area contributed by atoms with E-state index in [-0.39, 0.29) is 5.97 Å². The zero-order chi connectivity index (χ0) is 17.8. The van der Waals surface area contributed by atoms with E-state index in [4.69, 9.17) is 9.47 Å². The monoisotopic (exact) mass is 344 g/mol. The largest absolute Gasteiger partial charge is 0.469 e. The van der Waals surface area contributed by atoms with Gasteiger partial charge in [-0.25, -0.2) is 4.98 Å². The van der Waals surface area contributed by atoms with Gasteiger partial charge in [-0.2, -0.15) is 0 Å². The van der Waals surface area contributed by atoms with Crippen molar-refractivity contribution in [1.82, 2.24) is 9.55 Å². The Hall–Kier alpha value is -2.67. The Morgan fingerprint density at radius 2 is 2.16 bits per heavy atom. The topological polar surface area (TPSA) is 77.5 Å². The van der Waals surface area contributed by atoms with Crippen LogP contribution in [0.15, 0.2) is 30.5 Å². The van der Waals surface area contributed by atoms with Crippen molar-refractivity contribution in [2.45, 2.75) is 32.9 Å². The Bertz CT molecular complexity index is 904. The summed E-state index contributed by atoms with van der Waals surface area (Å²) in [4.78, 5) is 16.0. The van der Waals surface area contributed by atoms with Crippen LogP contribution in [-0.2, 0) is 27.4 Å². The molecule has 2 aromatic heterocycles. The average Bonchev–Trinajstić information content (AvgIpc) is 2.97. The number of hydrogen-bond acceptors (Lipinski definition) is 5. The molecule has 0 aliphatic heterocycles. The Kier molecular flexibility index (Phi) is 5.14. The second-order valence-electron chi connectivity index (χ2n) is 5.72. The summed E-state index contributed by atoms with van der Waals surface area (Å²) in [5.41, 5.74) is 2.32. The summed E-state index contributed by atoms with van der Waals surface area (Å²) in [6.07, 6.45) is 2.58. The highest BCUT2D eigenvalue weighted by Crippen LogP contribution is 2.24. The summed E-state index contributed by atoms with van der Waals surface area (Å²) >= 11 is 0. The van der Waals surface area contributed by atoms with E-state index in [0.29, 0.717) is 43.6 Å². The molecule has 0 aliphatic rings. The van der Waals surface area contributed by atoms with Crippen LogP contribution >= 0.6 is 0 Å². The SMILES string of the molecule is CCOCc1nc2c[n+](O)c3ccccc3c2n1CCCC(=O)OC. The van der Waals surface area contributed by atoms with Crippen LogP contribution in [0.1, 0.15) is 25.6 Å². The molecule has 0 spiro atoms. The lowest BCUT2D eigenvalue weighted by molar-refractivity contribution is -0.883. The fraction of sp³-hybridized carbons (Fsp3) is 0.389. The Morgan fingerprint density at radius 3 is 2.92 bits per heavy atom. The number of rotatable bonds is 7. The normalized spacial score (nSPS) is 11.3. The first-order chi connectivity index (χ1) is 12.2. The van der Waals surface area contributed by atoms with Gasteiger partial charge >= 0.3 is 5.97 Å². The molecule has 0 saturated carbocycles. The van der Waals surface area contributed by atoms with Crippen LogP contribution in [0.2, 0.25) is 0 Å². The number of hydrogen-bond donors (Lipinski definition) is 1. The number of pyridine rings is 1. The van der Waals surface area contributed by atoms with Crippen LogP contribution in [0.25, 0.3) is 21.9 Å². The molecule has 3 aromatic rings. The lowest BCUT2D eigenvalue weighted by atomic mass is 10.2. The number of benzene rings is 1. The maximum atomic E-state index is 11.4. The van der Waals surface area contributed by atoms with Crippen LogP contribution in [0.4, 0.5) is 0 Å². The van der Waals surface area contributed by atoms with E-state index in [9.17, 15) is 10.0 Å². The van der Waals surface area contributed by atoms with Crippen LogP contribution in [0.5, 0.6) is 0 Å². The number of esters is 1. The fourth-order valence-corrected chi connectivity index (χ4v) is 2.98. The average molecular weight is 344 g/mol. The van der Waals surface area contributed by atoms with Gasteiger partial charge in [0.05, 0.1) is 18.0 Å². The predicted octanol–water partition coefficient (Wildman–Crippen LogP) is 2.20. The summed E-state index contributed by atoms with van der Waals surface area (Å²) in [7, 11) is 1.39. The summed E-state index contributed by atoms with van der Waals surface area (Å²) in [6.45, 7) is 3.52. The molecule has 132 valence electrons. The van der Waals surface area contributed by atoms with Crippen LogP contribution in [0.3, 0.4) is 0 Å². The summed E-state index contributed by atoms with van der Waals surface area (Å²) in [5.74, 6) is 0.548. The van der Waals surface area contributed by atoms with Crippen molar-refractivity contribution in [2.75, 3.05) is 13.7 Å². The van der Waals surface area contributed by atoms with Gasteiger partial charge in [0, 0.05) is 30.4 Å². The van der Waals surface area contributed by atoms with Gasteiger partial charge in [-0.15, -0.1) is 0 Å². The Balaban J connectivity index is 2.09. The number of para-hydroxylation sites is 1. The van der Waals surface area contributed by atoms with E-state index in [1.54, 1.807) is 6.20 Å². The molecule has 1 aromatic carbocycles. The first-order valence-electron chi connectivity index (χ1n) is 8.32. The van der Waals surface area contributed by atoms with Crippen LogP contribution in [0, 0.1) is 0 Å². The van der Waals surface area contributed by atoms with Gasteiger partial charge in [-0.1, -0.05) is 12.1 Å². The fourth-order valence-electron chi connectivity index (χ4n) is 2.98. The van der Waals surface area contributed by atoms with E-state index >= 15 is 0 Å². The van der Waals surface area contributed by atoms with E-state index < -0.39 is 0 Å². The van der Waals surface area contributed by atoms with Crippen LogP contribution in [-0.4, -0.2) is 34.4 Å². The zero-order valence-corrected chi connectivity index (χ0v) is 14.4. The van der Waals surface area contributed by atoms with E-state index in [1.165, 1.54) is 7.11 Å². The van der Waals surface area contributed by atoms with Crippen molar-refractivity contribution >= 4 is 27.9 Å². The molecule has 25 heavy (non-hydrogen) atoms. The second-order valence-corrected chi connectivity index (χ2v) is 5.72. The number of nitrogens with zero attached hydrogens (tertiary/aromatic N) is 3. The van der Waals surface area contributed by atoms with Gasteiger partial charge in [0.1, 0.15) is 12.4 Å². The number of aryl methyl sites for hydroxylation is 1. The van der Waals surface area contributed by atoms with Gasteiger partial charge in [0.2, 0.25) is 0 Å². The van der Waals surface area contributed by atoms with E-state index in [2.05, 4.69) is 9.55 Å². The summed E-state index contributed by atoms with van der Waals surface area (Å²) in [6, 6.07) is 7.60. The molecular weight excluding hydrogens is 322 g/mol. The summed E-state index contributed by atoms with van der Waals surface area (Å²) < 4.78 is 13.4. The molecule has 3 rings (SSSR count). The van der Waals surface area contributed by atoms with Gasteiger partial charge in [-0.3, -0.25) is 10.0 Å². The third-order valence-corrected chi connectivity index (χ3v) is 4.15. The quantitative estimate of drug-likeness (QED) is 0.404. The number of fused-ring (bicyclic) bond motifs is 3. The highest BCUT2D eigenvalue weighted by atomic mass is 16.5. The molecule has 0 radical (unpaired) electrons. The Labute approximate surface area is 145 Å². The first-order valence-corrected chi connectivity index (χ1v) is 8.32. The zero-order valence-electron chi connectivity index (χ0n) is 14.4. The molecule has 0 saturated heterocycles. The number of ether oxygens (including phenoxy) is 2. The van der Waals surface area contributed by atoms with Gasteiger partial charge < -0.3 is 14.0 Å². The minimum Gasteiger partial charge on any atom is -0.469 e. The molecule has 0 atom stereocenters. The van der Waals surface area contributed by atoms with Crippen molar-refractivity contribution < 1.29 is 24.2 Å². The molecule has 0 amide bonds. The highest BCUT2D eigenvalue weighted by molar-refractivity contribution is 6.00. The molecule has 1 N–H and O–H groups in total. The molecule has 0 aliphatic carbocycles. The maximum absolute atomic E-state index is 11.4. The molecule has 0 unspecified atom stereocenters. The van der Waals surface area contributed by atoms with Gasteiger partial charge in [-0.05, 0) is 19.4 Å². The molecule has 2 heterocycles. The molecule has 7 nitrogen and oxygen atoms in total. The molecule has 7 heteroatoms. The van der Waals surface area contributed by atoms with Crippen molar-refractivity contribution in [2.24, 2.45) is 0 Å². The standard InChI is InChI=1S/C18H22N3O4/c1-3-25-12-16-19-14-11-21(23)15-8-5-4-7-13(15)18(14)20(16)10-6-9-17(22)24-2/h4-5,7-8,11,23H,3,6,9-10,12H2,1-2H3/q+1. The summed E-state index contributed by atoms with van der Waals surface area (Å²) in [5, 5.41) is 11.1. The lowest BCUT2D eigenvalue weighted by Gasteiger charge is -2.09. The van der Waals surface area contributed by atoms with Crippen molar-refractivity contribution in [3.8, 4) is 0 Å². The minimum absolute atomic E-state index is 0.228. The lowest BCUT2D eigenvalue weighted by Crippen LogP contribution is -2.30. The predicted molar refractivity (Wildman–Crippen MR) is 91.2 cm³/mol. The van der Waals surface area contributed by atoms with Gasteiger partial charge in [0.25, 0.3) is 11.7 Å². The van der Waals surface area contributed by atoms with Crippen LogP contribution < -0.4 is 4.73 Å². The third-order valence-electron chi connectivity index (χ3n) is 4.15. The third kappa shape index (κ3) is 3.41. The Morgan fingerprint density at radius 1 is 1.36 bits per heavy atom. The highest BCUT2D eigenvalue weighted by Gasteiger charge is 2.20. The van der Waals surface area contributed by atoms with Crippen molar-refractivity contribution in [3.05, 3.63) is 36.3 Å². The molecule has 0 fully saturated rings. The number of carbonyl (C=O) groups is 1. The van der Waals surface area contributed by atoms with Crippen molar-refractivity contribution in [3.63, 3.8) is 0 Å². The second kappa shape index (κ2) is 7.48. The number of imidazole rings is 1. The van der Waals surface area contributed by atoms with E-state index in [0.717, 1.165) is 21.5 Å². The van der Waals surface area contributed by atoms with E-state index in [1.807, 2.05) is 31.2 Å².